The fourth-order valence-electron chi connectivity index (χ4n) is 3.31. The number of carbonyl (C=O) groups is 1. The number of primary amides is 1. The van der Waals surface area contributed by atoms with E-state index in [1.54, 1.807) is 11.7 Å². The molecular formula is C20H18N4O3. The first-order chi connectivity index (χ1) is 13.1. The van der Waals surface area contributed by atoms with Gasteiger partial charge in [0.05, 0.1) is 25.5 Å². The molecule has 7 heteroatoms. The summed E-state index contributed by atoms with van der Waals surface area (Å²) in [6, 6.07) is 15.0. The summed E-state index contributed by atoms with van der Waals surface area (Å²) in [5, 5.41) is 0.822. The maximum atomic E-state index is 13.2. The molecule has 0 aliphatic rings. The van der Waals surface area contributed by atoms with Crippen molar-refractivity contribution in [2.24, 2.45) is 5.73 Å². The minimum Gasteiger partial charge on any atom is -0.497 e. The van der Waals surface area contributed by atoms with Crippen LogP contribution in [0.2, 0.25) is 0 Å². The van der Waals surface area contributed by atoms with Crippen LogP contribution in [0.4, 0.5) is 0 Å². The number of para-hydroxylation sites is 1. The van der Waals surface area contributed by atoms with E-state index in [1.165, 1.54) is 10.9 Å². The lowest BCUT2D eigenvalue weighted by atomic mass is 10.2. The van der Waals surface area contributed by atoms with Crippen molar-refractivity contribution in [3.8, 4) is 5.75 Å². The van der Waals surface area contributed by atoms with Crippen LogP contribution in [-0.2, 0) is 17.9 Å². The Hall–Kier alpha value is -3.61. The summed E-state index contributed by atoms with van der Waals surface area (Å²) < 4.78 is 8.33. The van der Waals surface area contributed by atoms with Crippen LogP contribution in [0.1, 0.15) is 5.56 Å². The maximum Gasteiger partial charge on any atom is 0.278 e. The van der Waals surface area contributed by atoms with Gasteiger partial charge in [-0.25, -0.2) is 4.98 Å². The number of rotatable bonds is 5. The minimum atomic E-state index is -0.511. The Bertz CT molecular complexity index is 1210. The van der Waals surface area contributed by atoms with Gasteiger partial charge in [-0.1, -0.05) is 30.3 Å². The van der Waals surface area contributed by atoms with Crippen molar-refractivity contribution in [1.82, 2.24) is 14.1 Å². The van der Waals surface area contributed by atoms with E-state index in [-0.39, 0.29) is 12.1 Å². The number of amides is 1. The lowest BCUT2D eigenvalue weighted by Crippen LogP contribution is -2.25. The first-order valence-corrected chi connectivity index (χ1v) is 8.46. The predicted octanol–water partition coefficient (Wildman–Crippen LogP) is 1.89. The maximum absolute atomic E-state index is 13.2. The lowest BCUT2D eigenvalue weighted by molar-refractivity contribution is -0.118. The first-order valence-electron chi connectivity index (χ1n) is 8.46. The van der Waals surface area contributed by atoms with Gasteiger partial charge in [-0.3, -0.25) is 14.2 Å². The van der Waals surface area contributed by atoms with Crippen LogP contribution >= 0.6 is 0 Å². The zero-order valence-electron chi connectivity index (χ0n) is 14.8. The van der Waals surface area contributed by atoms with Gasteiger partial charge in [-0.2, -0.15) is 0 Å². The van der Waals surface area contributed by atoms with E-state index in [0.717, 1.165) is 22.2 Å². The normalized spacial score (nSPS) is 11.1. The van der Waals surface area contributed by atoms with E-state index in [4.69, 9.17) is 10.5 Å². The summed E-state index contributed by atoms with van der Waals surface area (Å²) >= 11 is 0. The van der Waals surface area contributed by atoms with Crippen molar-refractivity contribution >= 4 is 27.8 Å². The molecule has 0 bridgehead atoms. The molecule has 0 saturated heterocycles. The highest BCUT2D eigenvalue weighted by molar-refractivity contribution is 6.05. The topological polar surface area (TPSA) is 92.1 Å². The molecule has 4 rings (SSSR count). The quantitative estimate of drug-likeness (QED) is 0.587. The van der Waals surface area contributed by atoms with E-state index in [1.807, 2.05) is 48.5 Å². The molecule has 4 aromatic rings. The highest BCUT2D eigenvalue weighted by Crippen LogP contribution is 2.25. The van der Waals surface area contributed by atoms with E-state index in [0.29, 0.717) is 17.6 Å². The molecule has 0 aliphatic carbocycles. The van der Waals surface area contributed by atoms with Gasteiger partial charge in [0.2, 0.25) is 5.91 Å². The number of nitrogens with zero attached hydrogens (tertiary/aromatic N) is 3. The van der Waals surface area contributed by atoms with E-state index in [9.17, 15) is 9.59 Å². The third-order valence-corrected chi connectivity index (χ3v) is 4.56. The summed E-state index contributed by atoms with van der Waals surface area (Å²) in [5.74, 6) is 0.240. The number of hydrogen-bond donors (Lipinski definition) is 1. The Morgan fingerprint density at radius 3 is 2.59 bits per heavy atom. The molecule has 2 heterocycles. The third-order valence-electron chi connectivity index (χ3n) is 4.56. The van der Waals surface area contributed by atoms with E-state index in [2.05, 4.69) is 4.98 Å². The predicted molar refractivity (Wildman–Crippen MR) is 103 cm³/mol. The zero-order valence-corrected chi connectivity index (χ0v) is 14.8. The highest BCUT2D eigenvalue weighted by Gasteiger charge is 2.17. The molecule has 0 unspecified atom stereocenters. The number of hydrogen-bond acceptors (Lipinski definition) is 4. The summed E-state index contributed by atoms with van der Waals surface area (Å²) in [6.45, 7) is 0.289. The van der Waals surface area contributed by atoms with Crippen LogP contribution < -0.4 is 16.0 Å². The van der Waals surface area contributed by atoms with Gasteiger partial charge < -0.3 is 15.0 Å². The molecule has 0 fully saturated rings. The molecule has 2 aromatic heterocycles. The molecule has 1 amide bonds. The Kier molecular flexibility index (Phi) is 4.12. The Labute approximate surface area is 154 Å². The van der Waals surface area contributed by atoms with Crippen molar-refractivity contribution in [3.63, 3.8) is 0 Å². The Morgan fingerprint density at radius 1 is 1.15 bits per heavy atom. The molecule has 7 nitrogen and oxygen atoms in total. The van der Waals surface area contributed by atoms with Gasteiger partial charge in [0.1, 0.15) is 23.3 Å². The molecular weight excluding hydrogens is 344 g/mol. The molecule has 0 aliphatic heterocycles. The Morgan fingerprint density at radius 2 is 1.89 bits per heavy atom. The van der Waals surface area contributed by atoms with Crippen molar-refractivity contribution in [3.05, 3.63) is 70.8 Å². The molecule has 27 heavy (non-hydrogen) atoms. The SMILES string of the molecule is COc1ccc(Cn2cnc3c4ccccc4n(CC(N)=O)c3c2=O)cc1. The van der Waals surface area contributed by atoms with Crippen LogP contribution in [0.25, 0.3) is 21.9 Å². The second-order valence-electron chi connectivity index (χ2n) is 6.29. The van der Waals surface area contributed by atoms with Gasteiger partial charge in [-0.05, 0) is 23.8 Å². The van der Waals surface area contributed by atoms with Gasteiger partial charge in [0, 0.05) is 5.39 Å². The average Bonchev–Trinajstić information content (AvgIpc) is 2.99. The highest BCUT2D eigenvalue weighted by atomic mass is 16.5. The fraction of sp³-hybridized carbons (Fsp3) is 0.150. The summed E-state index contributed by atoms with van der Waals surface area (Å²) in [4.78, 5) is 29.2. The number of ether oxygens (including phenoxy) is 1. The molecule has 2 aromatic carbocycles. The number of nitrogens with two attached hydrogens (primary N) is 1. The van der Waals surface area contributed by atoms with E-state index >= 15 is 0 Å². The fourth-order valence-corrected chi connectivity index (χ4v) is 3.31. The number of aromatic nitrogens is 3. The van der Waals surface area contributed by atoms with E-state index < -0.39 is 5.91 Å². The summed E-state index contributed by atoms with van der Waals surface area (Å²) in [5.41, 5.74) is 7.85. The second kappa shape index (κ2) is 6.60. The van der Waals surface area contributed by atoms with Gasteiger partial charge >= 0.3 is 0 Å². The van der Waals surface area contributed by atoms with Crippen LogP contribution in [0, 0.1) is 0 Å². The van der Waals surface area contributed by atoms with Gasteiger partial charge in [-0.15, -0.1) is 0 Å². The first kappa shape index (κ1) is 16.8. The second-order valence-corrected chi connectivity index (χ2v) is 6.29. The van der Waals surface area contributed by atoms with Crippen LogP contribution in [0.5, 0.6) is 5.75 Å². The van der Waals surface area contributed by atoms with Crippen LogP contribution in [-0.4, -0.2) is 27.1 Å². The molecule has 136 valence electrons. The lowest BCUT2D eigenvalue weighted by Gasteiger charge is -2.08. The summed E-state index contributed by atoms with van der Waals surface area (Å²) in [6.07, 6.45) is 1.54. The van der Waals surface area contributed by atoms with Crippen molar-refractivity contribution in [2.45, 2.75) is 13.1 Å². The molecule has 0 atom stereocenters. The van der Waals surface area contributed by atoms with Crippen molar-refractivity contribution in [2.75, 3.05) is 7.11 Å². The molecule has 0 saturated carbocycles. The van der Waals surface area contributed by atoms with Crippen LogP contribution in [0.15, 0.2) is 59.7 Å². The molecule has 2 N–H and O–H groups in total. The van der Waals surface area contributed by atoms with Crippen LogP contribution in [0.3, 0.4) is 0 Å². The van der Waals surface area contributed by atoms with Crippen molar-refractivity contribution in [1.29, 1.82) is 0 Å². The monoisotopic (exact) mass is 362 g/mol. The average molecular weight is 362 g/mol. The minimum absolute atomic E-state index is 0.0759. The largest absolute Gasteiger partial charge is 0.497 e. The van der Waals surface area contributed by atoms with Gasteiger partial charge in [0.15, 0.2) is 0 Å². The number of carbonyl (C=O) groups excluding carboxylic acids is 1. The summed E-state index contributed by atoms with van der Waals surface area (Å²) in [7, 11) is 1.61. The number of benzene rings is 2. The molecule has 0 radical (unpaired) electrons. The van der Waals surface area contributed by atoms with Gasteiger partial charge in [0.25, 0.3) is 5.56 Å². The third kappa shape index (κ3) is 2.93. The smallest absolute Gasteiger partial charge is 0.278 e. The van der Waals surface area contributed by atoms with Crippen molar-refractivity contribution < 1.29 is 9.53 Å². The zero-order chi connectivity index (χ0) is 19.0. The Balaban J connectivity index is 1.88. The number of fused-ring (bicyclic) bond motifs is 3. The standard InChI is InChI=1S/C20H18N4O3/c1-27-14-8-6-13(7-9-14)10-23-12-22-18-15-4-2-3-5-16(15)24(11-17(21)25)19(18)20(23)26/h2-9,12H,10-11H2,1H3,(H2,21,25). The molecule has 0 spiro atoms. The number of methoxy groups -OCH3 is 1.